The number of carbonyl (C=O) groups excluding carboxylic acids is 1. The largest absolute Gasteiger partial charge is 0.481 e. The van der Waals surface area contributed by atoms with Gasteiger partial charge in [0.15, 0.2) is 5.82 Å². The number of aliphatic carboxylic acids is 1. The number of hydrogen-bond acceptors (Lipinski definition) is 5. The average Bonchev–Trinajstić information content (AvgIpc) is 2.88. The van der Waals surface area contributed by atoms with Crippen molar-refractivity contribution < 1.29 is 19.2 Å². The van der Waals surface area contributed by atoms with Crippen molar-refractivity contribution in [3.05, 3.63) is 12.2 Å². The van der Waals surface area contributed by atoms with Gasteiger partial charge in [0, 0.05) is 26.1 Å². The second kappa shape index (κ2) is 7.34. The molecule has 0 aliphatic carbocycles. The van der Waals surface area contributed by atoms with Crippen LogP contribution in [0.25, 0.3) is 0 Å². The highest BCUT2D eigenvalue weighted by Crippen LogP contribution is 2.00. The maximum Gasteiger partial charge on any atom is 0.317 e. The highest BCUT2D eigenvalue weighted by Gasteiger charge is 2.18. The minimum absolute atomic E-state index is 0.180. The fourth-order valence-corrected chi connectivity index (χ4v) is 1.46. The van der Waals surface area contributed by atoms with Crippen LogP contribution in [-0.4, -0.2) is 51.8 Å². The topological polar surface area (TPSA) is 109 Å². The predicted octanol–water partition coefficient (Wildman–Crippen LogP) is 0.364. The Morgan fingerprint density at radius 1 is 1.58 bits per heavy atom. The molecule has 0 saturated heterocycles. The summed E-state index contributed by atoms with van der Waals surface area (Å²) in [7, 11) is 0. The van der Waals surface area contributed by atoms with Gasteiger partial charge in [-0.25, -0.2) is 4.79 Å². The molecule has 1 heterocycles. The first-order valence-electron chi connectivity index (χ1n) is 6.05. The molecule has 1 unspecified atom stereocenters. The van der Waals surface area contributed by atoms with Crippen molar-refractivity contribution in [3.8, 4) is 0 Å². The number of carboxylic acid groups (broad SMARTS) is 1. The molecule has 106 valence electrons. The number of urea groups is 1. The van der Waals surface area contributed by atoms with Gasteiger partial charge in [-0.3, -0.25) is 4.79 Å². The monoisotopic (exact) mass is 270 g/mol. The van der Waals surface area contributed by atoms with Crippen LogP contribution < -0.4 is 5.32 Å². The van der Waals surface area contributed by atoms with E-state index in [9.17, 15) is 9.59 Å². The Labute approximate surface area is 110 Å². The van der Waals surface area contributed by atoms with Crippen LogP contribution in [0.2, 0.25) is 0 Å². The summed E-state index contributed by atoms with van der Waals surface area (Å²) in [6.07, 6.45) is 1.69. The van der Waals surface area contributed by atoms with Crippen molar-refractivity contribution in [2.75, 3.05) is 19.6 Å². The molecule has 0 aliphatic heterocycles. The number of nitrogens with zero attached hydrogens (tertiary/aromatic N) is 3. The average molecular weight is 270 g/mol. The van der Waals surface area contributed by atoms with Crippen molar-refractivity contribution in [3.63, 3.8) is 0 Å². The standard InChI is InChI=1S/C11H18N4O4/c1-3-15(6-8(2)10(16)17)11(18)12-5-4-9-13-7-19-14-9/h7-8H,3-6H2,1-2H3,(H,12,18)(H,16,17). The number of aromatic nitrogens is 2. The molecule has 0 aromatic carbocycles. The van der Waals surface area contributed by atoms with Crippen LogP contribution >= 0.6 is 0 Å². The molecule has 0 saturated carbocycles. The van der Waals surface area contributed by atoms with E-state index >= 15 is 0 Å². The maximum absolute atomic E-state index is 11.8. The molecule has 2 N–H and O–H groups in total. The van der Waals surface area contributed by atoms with Gasteiger partial charge in [0.05, 0.1) is 5.92 Å². The first-order chi connectivity index (χ1) is 9.04. The van der Waals surface area contributed by atoms with Crippen molar-refractivity contribution >= 4 is 12.0 Å². The van der Waals surface area contributed by atoms with Gasteiger partial charge in [0.25, 0.3) is 0 Å². The Bertz CT molecular complexity index is 407. The molecule has 1 atom stereocenters. The molecule has 8 nitrogen and oxygen atoms in total. The predicted molar refractivity (Wildman–Crippen MR) is 65.4 cm³/mol. The maximum atomic E-state index is 11.8. The zero-order chi connectivity index (χ0) is 14.3. The van der Waals surface area contributed by atoms with Gasteiger partial charge < -0.3 is 19.8 Å². The Hall–Kier alpha value is -2.12. The minimum atomic E-state index is -0.918. The fourth-order valence-electron chi connectivity index (χ4n) is 1.46. The normalized spacial score (nSPS) is 11.9. The van der Waals surface area contributed by atoms with Crippen molar-refractivity contribution in [2.45, 2.75) is 20.3 Å². The molecule has 0 bridgehead atoms. The summed E-state index contributed by atoms with van der Waals surface area (Å²) >= 11 is 0. The molecule has 0 aliphatic rings. The smallest absolute Gasteiger partial charge is 0.317 e. The molecular weight excluding hydrogens is 252 g/mol. The molecule has 1 rings (SSSR count). The number of nitrogens with one attached hydrogen (secondary N) is 1. The number of carboxylic acids is 1. The SMILES string of the molecule is CCN(CC(C)C(=O)O)C(=O)NCCc1ncon1. The second-order valence-electron chi connectivity index (χ2n) is 4.11. The van der Waals surface area contributed by atoms with E-state index in [0.717, 1.165) is 0 Å². The van der Waals surface area contributed by atoms with E-state index in [1.807, 2.05) is 0 Å². The van der Waals surface area contributed by atoms with E-state index in [-0.39, 0.29) is 12.6 Å². The van der Waals surface area contributed by atoms with Gasteiger partial charge in [-0.05, 0) is 6.92 Å². The molecule has 19 heavy (non-hydrogen) atoms. The van der Waals surface area contributed by atoms with Crippen molar-refractivity contribution in [2.24, 2.45) is 5.92 Å². The Balaban J connectivity index is 2.34. The molecule has 0 spiro atoms. The van der Waals surface area contributed by atoms with Gasteiger partial charge in [0.1, 0.15) is 0 Å². The van der Waals surface area contributed by atoms with E-state index < -0.39 is 11.9 Å². The molecule has 1 aromatic heterocycles. The van der Waals surface area contributed by atoms with E-state index in [0.29, 0.717) is 25.3 Å². The van der Waals surface area contributed by atoms with Crippen LogP contribution in [0.5, 0.6) is 0 Å². The molecule has 8 heteroatoms. The summed E-state index contributed by atoms with van der Waals surface area (Å²) in [5.41, 5.74) is 0. The summed E-state index contributed by atoms with van der Waals surface area (Å²) in [5, 5.41) is 15.1. The molecule has 2 amide bonds. The lowest BCUT2D eigenvalue weighted by Gasteiger charge is -2.23. The Morgan fingerprint density at radius 3 is 2.84 bits per heavy atom. The lowest BCUT2D eigenvalue weighted by Crippen LogP contribution is -2.43. The van der Waals surface area contributed by atoms with Crippen molar-refractivity contribution in [1.82, 2.24) is 20.4 Å². The first kappa shape index (κ1) is 14.9. The summed E-state index contributed by atoms with van der Waals surface area (Å²) in [4.78, 5) is 27.9. The lowest BCUT2D eigenvalue weighted by molar-refractivity contribution is -0.141. The third-order valence-corrected chi connectivity index (χ3v) is 2.62. The van der Waals surface area contributed by atoms with E-state index in [1.165, 1.54) is 11.3 Å². The van der Waals surface area contributed by atoms with Crippen LogP contribution in [0, 0.1) is 5.92 Å². The fraction of sp³-hybridized carbons (Fsp3) is 0.636. The first-order valence-corrected chi connectivity index (χ1v) is 6.05. The Kier molecular flexibility index (Phi) is 5.77. The number of rotatable bonds is 7. The second-order valence-corrected chi connectivity index (χ2v) is 4.11. The van der Waals surface area contributed by atoms with Gasteiger partial charge in [-0.2, -0.15) is 4.98 Å². The number of hydrogen-bond donors (Lipinski definition) is 2. The van der Waals surface area contributed by atoms with Crippen molar-refractivity contribution in [1.29, 1.82) is 0 Å². The summed E-state index contributed by atoms with van der Waals surface area (Å²) < 4.78 is 4.57. The lowest BCUT2D eigenvalue weighted by atomic mass is 10.2. The van der Waals surface area contributed by atoms with Crippen LogP contribution in [0.3, 0.4) is 0 Å². The minimum Gasteiger partial charge on any atom is -0.481 e. The highest BCUT2D eigenvalue weighted by atomic mass is 16.5. The Morgan fingerprint density at radius 2 is 2.32 bits per heavy atom. The van der Waals surface area contributed by atoms with Gasteiger partial charge in [0.2, 0.25) is 6.39 Å². The molecule has 1 aromatic rings. The summed E-state index contributed by atoms with van der Waals surface area (Å²) in [6.45, 7) is 4.37. The number of amides is 2. The quantitative estimate of drug-likeness (QED) is 0.740. The highest BCUT2D eigenvalue weighted by molar-refractivity contribution is 5.75. The van der Waals surface area contributed by atoms with Gasteiger partial charge in [-0.15, -0.1) is 0 Å². The van der Waals surface area contributed by atoms with E-state index in [2.05, 4.69) is 20.0 Å². The third kappa shape index (κ3) is 4.94. The van der Waals surface area contributed by atoms with Gasteiger partial charge in [-0.1, -0.05) is 12.1 Å². The van der Waals surface area contributed by atoms with Crippen LogP contribution in [-0.2, 0) is 11.2 Å². The van der Waals surface area contributed by atoms with Crippen LogP contribution in [0.15, 0.2) is 10.9 Å². The molecular formula is C11H18N4O4. The summed E-state index contributed by atoms with van der Waals surface area (Å²) in [6, 6.07) is -0.293. The van der Waals surface area contributed by atoms with E-state index in [4.69, 9.17) is 5.11 Å². The molecule has 0 fully saturated rings. The number of carbonyl (C=O) groups is 2. The van der Waals surface area contributed by atoms with Gasteiger partial charge >= 0.3 is 12.0 Å². The zero-order valence-electron chi connectivity index (χ0n) is 11.0. The summed E-state index contributed by atoms with van der Waals surface area (Å²) in [5.74, 6) is -0.997. The molecule has 0 radical (unpaired) electrons. The van der Waals surface area contributed by atoms with E-state index in [1.54, 1.807) is 13.8 Å². The zero-order valence-corrected chi connectivity index (χ0v) is 11.0. The van der Waals surface area contributed by atoms with Crippen LogP contribution in [0.4, 0.5) is 4.79 Å². The van der Waals surface area contributed by atoms with Crippen LogP contribution in [0.1, 0.15) is 19.7 Å². The third-order valence-electron chi connectivity index (χ3n) is 2.62.